The molecule has 0 fully saturated rings. The van der Waals surface area contributed by atoms with Crippen LogP contribution in [-0.2, 0) is 0 Å². The van der Waals surface area contributed by atoms with Gasteiger partial charge in [-0.3, -0.25) is 0 Å². The van der Waals surface area contributed by atoms with E-state index in [1.54, 1.807) is 11.8 Å². The first-order valence-corrected chi connectivity index (χ1v) is 5.12. The molecule has 0 atom stereocenters. The molecule has 2 heterocycles. The maximum absolute atomic E-state index is 12.9. The molecule has 0 aromatic carbocycles. The Bertz CT molecular complexity index is 450. The highest BCUT2D eigenvalue weighted by molar-refractivity contribution is 7.98. The molecule has 4 heteroatoms. The van der Waals surface area contributed by atoms with E-state index >= 15 is 0 Å². The zero-order chi connectivity index (χ0) is 9.42. The third-order valence-electron chi connectivity index (χ3n) is 1.95. The lowest BCUT2D eigenvalue weighted by atomic mass is 10.3. The van der Waals surface area contributed by atoms with Crippen molar-refractivity contribution in [3.63, 3.8) is 0 Å². The van der Waals surface area contributed by atoms with Gasteiger partial charge >= 0.3 is 0 Å². The van der Waals surface area contributed by atoms with Crippen LogP contribution in [0, 0.1) is 12.7 Å². The lowest BCUT2D eigenvalue weighted by molar-refractivity contribution is 0.624. The first-order valence-electron chi connectivity index (χ1n) is 3.90. The van der Waals surface area contributed by atoms with E-state index in [-0.39, 0.29) is 5.82 Å². The molecule has 0 saturated carbocycles. The highest BCUT2D eigenvalue weighted by atomic mass is 32.2. The summed E-state index contributed by atoms with van der Waals surface area (Å²) in [4.78, 5) is 8.14. The summed E-state index contributed by atoms with van der Waals surface area (Å²) in [6, 6.07) is 1.51. The number of aryl methyl sites for hydroxylation is 1. The monoisotopic (exact) mass is 196 g/mol. The number of rotatable bonds is 1. The summed E-state index contributed by atoms with van der Waals surface area (Å²) in [5, 5.41) is 0.866. The molecule has 13 heavy (non-hydrogen) atoms. The van der Waals surface area contributed by atoms with Crippen LogP contribution in [-0.4, -0.2) is 16.2 Å². The molecular formula is C9H9FN2S. The van der Waals surface area contributed by atoms with Crippen LogP contribution in [0.25, 0.3) is 11.0 Å². The molecule has 0 saturated heterocycles. The van der Waals surface area contributed by atoms with Crippen molar-refractivity contribution in [2.45, 2.75) is 11.8 Å². The summed E-state index contributed by atoms with van der Waals surface area (Å²) in [7, 11) is 0. The smallest absolute Gasteiger partial charge is 0.142 e. The van der Waals surface area contributed by atoms with Crippen molar-refractivity contribution in [2.24, 2.45) is 0 Å². The topological polar surface area (TPSA) is 28.7 Å². The zero-order valence-corrected chi connectivity index (χ0v) is 8.20. The van der Waals surface area contributed by atoms with E-state index in [9.17, 15) is 4.39 Å². The van der Waals surface area contributed by atoms with Crippen molar-refractivity contribution in [3.8, 4) is 0 Å². The fourth-order valence-electron chi connectivity index (χ4n) is 1.41. The SMILES string of the molecule is CSc1c(C)[nH]c2ncc(F)cc12. The number of aromatic nitrogens is 2. The van der Waals surface area contributed by atoms with E-state index in [1.165, 1.54) is 12.3 Å². The second-order valence-electron chi connectivity index (χ2n) is 2.83. The van der Waals surface area contributed by atoms with Crippen molar-refractivity contribution < 1.29 is 4.39 Å². The molecule has 0 aliphatic rings. The fraction of sp³-hybridized carbons (Fsp3) is 0.222. The van der Waals surface area contributed by atoms with E-state index in [4.69, 9.17) is 0 Å². The first kappa shape index (κ1) is 8.56. The number of fused-ring (bicyclic) bond motifs is 1. The van der Waals surface area contributed by atoms with Crippen molar-refractivity contribution >= 4 is 22.8 Å². The standard InChI is InChI=1S/C9H9FN2S/c1-5-8(13-2)7-3-6(10)4-11-9(7)12-5/h3-4H,1-2H3,(H,11,12). The number of hydrogen-bond donors (Lipinski definition) is 1. The van der Waals surface area contributed by atoms with Crippen LogP contribution in [0.4, 0.5) is 4.39 Å². The van der Waals surface area contributed by atoms with Gasteiger partial charge in [-0.1, -0.05) is 0 Å². The Morgan fingerprint density at radius 2 is 2.31 bits per heavy atom. The number of pyridine rings is 1. The Morgan fingerprint density at radius 1 is 1.54 bits per heavy atom. The molecule has 2 aromatic heterocycles. The maximum atomic E-state index is 12.9. The number of H-pyrrole nitrogens is 1. The van der Waals surface area contributed by atoms with Gasteiger partial charge in [0, 0.05) is 16.0 Å². The molecule has 0 spiro atoms. The highest BCUT2D eigenvalue weighted by Gasteiger charge is 2.08. The highest BCUT2D eigenvalue weighted by Crippen LogP contribution is 2.28. The molecule has 0 bridgehead atoms. The Labute approximate surface area is 79.6 Å². The second kappa shape index (κ2) is 3.03. The third-order valence-corrected chi connectivity index (χ3v) is 2.88. The van der Waals surface area contributed by atoms with Crippen molar-refractivity contribution in [2.75, 3.05) is 6.26 Å². The van der Waals surface area contributed by atoms with Crippen LogP contribution in [0.1, 0.15) is 5.69 Å². The summed E-state index contributed by atoms with van der Waals surface area (Å²) in [5.74, 6) is -0.290. The van der Waals surface area contributed by atoms with Crippen molar-refractivity contribution in [1.29, 1.82) is 0 Å². The van der Waals surface area contributed by atoms with Gasteiger partial charge in [-0.25, -0.2) is 9.37 Å². The Kier molecular flexibility index (Phi) is 2.00. The van der Waals surface area contributed by atoms with Crippen molar-refractivity contribution in [3.05, 3.63) is 23.8 Å². The van der Waals surface area contributed by atoms with Gasteiger partial charge in [-0.15, -0.1) is 11.8 Å². The van der Waals surface area contributed by atoms with E-state index in [1.807, 2.05) is 13.2 Å². The van der Waals surface area contributed by atoms with Gasteiger partial charge in [0.15, 0.2) is 0 Å². The molecule has 2 rings (SSSR count). The predicted molar refractivity (Wildman–Crippen MR) is 52.6 cm³/mol. The van der Waals surface area contributed by atoms with Gasteiger partial charge in [0.25, 0.3) is 0 Å². The first-order chi connectivity index (χ1) is 6.22. The lowest BCUT2D eigenvalue weighted by Gasteiger charge is -1.93. The summed E-state index contributed by atoms with van der Waals surface area (Å²) in [6.07, 6.45) is 3.20. The predicted octanol–water partition coefficient (Wildman–Crippen LogP) is 2.73. The van der Waals surface area contributed by atoms with E-state index in [0.29, 0.717) is 0 Å². The minimum Gasteiger partial charge on any atom is -0.342 e. The number of thioether (sulfide) groups is 1. The van der Waals surface area contributed by atoms with Gasteiger partial charge in [0.2, 0.25) is 0 Å². The summed E-state index contributed by atoms with van der Waals surface area (Å²) in [5.41, 5.74) is 1.80. The molecule has 2 aromatic rings. The second-order valence-corrected chi connectivity index (χ2v) is 3.65. The lowest BCUT2D eigenvalue weighted by Crippen LogP contribution is -1.78. The van der Waals surface area contributed by atoms with Gasteiger partial charge < -0.3 is 4.98 Å². The maximum Gasteiger partial charge on any atom is 0.142 e. The van der Waals surface area contributed by atoms with Gasteiger partial charge in [-0.2, -0.15) is 0 Å². The Hall–Kier alpha value is -1.03. The number of nitrogens with one attached hydrogen (secondary N) is 1. The Balaban J connectivity index is 2.80. The molecule has 0 aliphatic heterocycles. The number of aromatic amines is 1. The fourth-order valence-corrected chi connectivity index (χ4v) is 2.14. The van der Waals surface area contributed by atoms with Crippen LogP contribution in [0.5, 0.6) is 0 Å². The molecule has 2 nitrogen and oxygen atoms in total. The normalized spacial score (nSPS) is 11.0. The summed E-state index contributed by atoms with van der Waals surface area (Å²) in [6.45, 7) is 1.96. The molecule has 0 radical (unpaired) electrons. The molecule has 0 aliphatic carbocycles. The van der Waals surface area contributed by atoms with Crippen LogP contribution in [0.3, 0.4) is 0 Å². The number of nitrogens with zero attached hydrogens (tertiary/aromatic N) is 1. The summed E-state index contributed by atoms with van der Waals surface area (Å²) < 4.78 is 12.9. The minimum atomic E-state index is -0.290. The molecule has 1 N–H and O–H groups in total. The van der Waals surface area contributed by atoms with Crippen LogP contribution >= 0.6 is 11.8 Å². The molecule has 0 amide bonds. The largest absolute Gasteiger partial charge is 0.342 e. The average Bonchev–Trinajstić information content (AvgIpc) is 2.40. The van der Waals surface area contributed by atoms with Crippen LogP contribution < -0.4 is 0 Å². The van der Waals surface area contributed by atoms with Crippen LogP contribution in [0.2, 0.25) is 0 Å². The molecule has 68 valence electrons. The average molecular weight is 196 g/mol. The quantitative estimate of drug-likeness (QED) is 0.710. The van der Waals surface area contributed by atoms with E-state index < -0.39 is 0 Å². The Morgan fingerprint density at radius 3 is 3.00 bits per heavy atom. The number of hydrogen-bond acceptors (Lipinski definition) is 2. The molecular weight excluding hydrogens is 187 g/mol. The van der Waals surface area contributed by atoms with Crippen LogP contribution in [0.15, 0.2) is 17.2 Å². The van der Waals surface area contributed by atoms with E-state index in [0.717, 1.165) is 21.6 Å². The van der Waals surface area contributed by atoms with Crippen molar-refractivity contribution in [1.82, 2.24) is 9.97 Å². The van der Waals surface area contributed by atoms with E-state index in [2.05, 4.69) is 9.97 Å². The minimum absolute atomic E-state index is 0.290. The van der Waals surface area contributed by atoms with Gasteiger partial charge in [0.05, 0.1) is 6.20 Å². The zero-order valence-electron chi connectivity index (χ0n) is 7.39. The summed E-state index contributed by atoms with van der Waals surface area (Å²) >= 11 is 1.60. The molecule has 0 unspecified atom stereocenters. The number of halogens is 1. The third kappa shape index (κ3) is 1.31. The van der Waals surface area contributed by atoms with Gasteiger partial charge in [-0.05, 0) is 19.2 Å². The van der Waals surface area contributed by atoms with Gasteiger partial charge in [0.1, 0.15) is 11.5 Å².